The van der Waals surface area contributed by atoms with Crippen molar-refractivity contribution in [1.29, 1.82) is 0 Å². The Bertz CT molecular complexity index is 1290. The molecule has 0 aromatic heterocycles. The van der Waals surface area contributed by atoms with E-state index in [4.69, 9.17) is 4.74 Å². The number of fused-ring (bicyclic) bond motifs is 1. The van der Waals surface area contributed by atoms with Crippen molar-refractivity contribution in [2.24, 2.45) is 4.99 Å². The number of rotatable bonds is 8. The molecule has 2 saturated heterocycles. The molecule has 3 aromatic rings. The van der Waals surface area contributed by atoms with Gasteiger partial charge in [0.2, 0.25) is 11.8 Å². The minimum absolute atomic E-state index is 0.0368. The van der Waals surface area contributed by atoms with E-state index in [1.807, 2.05) is 42.5 Å². The number of aliphatic imine (C=N–C) groups is 1. The molecule has 0 radical (unpaired) electrons. The molecule has 0 bridgehead atoms. The maximum Gasteiger partial charge on any atom is 0.242 e. The number of morpholine rings is 1. The molecule has 37 heavy (non-hydrogen) atoms. The summed E-state index contributed by atoms with van der Waals surface area (Å²) in [6.07, 6.45) is 0.818. The lowest BCUT2D eigenvalue weighted by Crippen LogP contribution is -2.39. The van der Waals surface area contributed by atoms with Gasteiger partial charge in [-0.25, -0.2) is 9.38 Å². The Hall–Kier alpha value is -3.27. The zero-order valence-electron chi connectivity index (χ0n) is 20.4. The lowest BCUT2D eigenvalue weighted by atomic mass is 10.1. The Morgan fingerprint density at radius 3 is 2.59 bits per heavy atom. The number of benzene rings is 3. The number of hydrogen-bond acceptors (Lipinski definition) is 6. The number of ether oxygens (including phenoxy) is 1. The van der Waals surface area contributed by atoms with Crippen LogP contribution in [0.15, 0.2) is 71.7 Å². The molecule has 2 aliphatic heterocycles. The molecule has 9 heteroatoms. The van der Waals surface area contributed by atoms with Crippen LogP contribution in [0.3, 0.4) is 0 Å². The Morgan fingerprint density at radius 1 is 1.03 bits per heavy atom. The molecule has 1 N–H and O–H groups in total. The van der Waals surface area contributed by atoms with Crippen LogP contribution in [-0.4, -0.2) is 71.4 Å². The smallest absolute Gasteiger partial charge is 0.242 e. The standard InChI is InChI=1S/C28H29FN4O3S/c29-21-9-11-22(12-10-21)30-28-33(14-4-13-32-15-17-36-18-16-32)27(35)25(37-28)19-26(34)31-24-8-3-6-20-5-1-2-7-23(20)24/h1-3,5-12,25H,4,13-19H2,(H,31,34)/t25-/m0/s1. The highest BCUT2D eigenvalue weighted by Gasteiger charge is 2.39. The third-order valence-electron chi connectivity index (χ3n) is 6.47. The second-order valence-electron chi connectivity index (χ2n) is 9.05. The third-order valence-corrected chi connectivity index (χ3v) is 7.64. The third kappa shape index (κ3) is 6.36. The first-order valence-electron chi connectivity index (χ1n) is 12.5. The van der Waals surface area contributed by atoms with Crippen LogP contribution in [0.5, 0.6) is 0 Å². The summed E-state index contributed by atoms with van der Waals surface area (Å²) in [4.78, 5) is 35.0. The molecule has 2 fully saturated rings. The average molecular weight is 521 g/mol. The van der Waals surface area contributed by atoms with Crippen molar-refractivity contribution in [3.8, 4) is 0 Å². The van der Waals surface area contributed by atoms with Crippen molar-refractivity contribution in [2.75, 3.05) is 44.7 Å². The number of amidine groups is 1. The van der Waals surface area contributed by atoms with E-state index in [1.54, 1.807) is 17.0 Å². The first kappa shape index (κ1) is 25.4. The van der Waals surface area contributed by atoms with Crippen LogP contribution in [-0.2, 0) is 14.3 Å². The van der Waals surface area contributed by atoms with E-state index in [1.165, 1.54) is 23.9 Å². The summed E-state index contributed by atoms with van der Waals surface area (Å²) in [6.45, 7) is 4.58. The van der Waals surface area contributed by atoms with Gasteiger partial charge in [0.1, 0.15) is 11.1 Å². The van der Waals surface area contributed by atoms with Crippen LogP contribution in [0, 0.1) is 5.82 Å². The summed E-state index contributed by atoms with van der Waals surface area (Å²) in [5.74, 6) is -0.691. The molecule has 192 valence electrons. The number of carbonyl (C=O) groups is 2. The first-order valence-corrected chi connectivity index (χ1v) is 13.3. The number of thioether (sulfide) groups is 1. The summed E-state index contributed by atoms with van der Waals surface area (Å²) in [6, 6.07) is 19.5. The number of halogens is 1. The Balaban J connectivity index is 1.28. The fourth-order valence-corrected chi connectivity index (χ4v) is 5.72. The van der Waals surface area contributed by atoms with Gasteiger partial charge in [0.05, 0.1) is 18.9 Å². The fraction of sp³-hybridized carbons (Fsp3) is 0.321. The van der Waals surface area contributed by atoms with Gasteiger partial charge < -0.3 is 10.1 Å². The highest BCUT2D eigenvalue weighted by atomic mass is 32.2. The number of carbonyl (C=O) groups excluding carboxylic acids is 2. The van der Waals surface area contributed by atoms with Crippen molar-refractivity contribution >= 4 is 50.9 Å². The van der Waals surface area contributed by atoms with Gasteiger partial charge in [-0.1, -0.05) is 48.2 Å². The van der Waals surface area contributed by atoms with E-state index in [0.717, 1.165) is 55.7 Å². The molecule has 0 spiro atoms. The first-order chi connectivity index (χ1) is 18.1. The number of nitrogens with one attached hydrogen (secondary N) is 1. The van der Waals surface area contributed by atoms with Gasteiger partial charge in [-0.15, -0.1) is 0 Å². The van der Waals surface area contributed by atoms with E-state index >= 15 is 0 Å². The predicted octanol–water partition coefficient (Wildman–Crippen LogP) is 4.66. The van der Waals surface area contributed by atoms with E-state index in [9.17, 15) is 14.0 Å². The normalized spacial score (nSPS) is 19.6. The molecule has 0 unspecified atom stereocenters. The summed E-state index contributed by atoms with van der Waals surface area (Å²) >= 11 is 1.29. The summed E-state index contributed by atoms with van der Waals surface area (Å²) in [5, 5.41) is 4.94. The predicted molar refractivity (Wildman–Crippen MR) is 146 cm³/mol. The van der Waals surface area contributed by atoms with Gasteiger partial charge in [0.25, 0.3) is 0 Å². The Morgan fingerprint density at radius 2 is 1.78 bits per heavy atom. The Kier molecular flexibility index (Phi) is 8.13. The van der Waals surface area contributed by atoms with Gasteiger partial charge in [-0.2, -0.15) is 0 Å². The van der Waals surface area contributed by atoms with Crippen molar-refractivity contribution in [3.05, 3.63) is 72.5 Å². The van der Waals surface area contributed by atoms with E-state index < -0.39 is 5.25 Å². The maximum absolute atomic E-state index is 13.4. The molecule has 5 rings (SSSR count). The van der Waals surface area contributed by atoms with E-state index in [-0.39, 0.29) is 24.1 Å². The number of amides is 2. The number of hydrogen-bond donors (Lipinski definition) is 1. The van der Waals surface area contributed by atoms with Gasteiger partial charge in [0.15, 0.2) is 5.17 Å². The highest BCUT2D eigenvalue weighted by Crippen LogP contribution is 2.32. The van der Waals surface area contributed by atoms with Gasteiger partial charge in [-0.05, 0) is 42.1 Å². The maximum atomic E-state index is 13.4. The van der Waals surface area contributed by atoms with Crippen molar-refractivity contribution in [1.82, 2.24) is 9.80 Å². The largest absolute Gasteiger partial charge is 0.379 e. The molecule has 2 aliphatic rings. The minimum atomic E-state index is -0.572. The molecule has 7 nitrogen and oxygen atoms in total. The van der Waals surface area contributed by atoms with Crippen LogP contribution in [0.2, 0.25) is 0 Å². The fourth-order valence-electron chi connectivity index (χ4n) is 4.54. The number of anilines is 1. The van der Waals surface area contributed by atoms with Crippen LogP contribution < -0.4 is 5.32 Å². The summed E-state index contributed by atoms with van der Waals surface area (Å²) in [7, 11) is 0. The molecular formula is C28H29FN4O3S. The number of nitrogens with zero attached hydrogens (tertiary/aromatic N) is 3. The second-order valence-corrected chi connectivity index (χ2v) is 10.2. The van der Waals surface area contributed by atoms with Crippen LogP contribution in [0.4, 0.5) is 15.8 Å². The topological polar surface area (TPSA) is 74.2 Å². The zero-order chi connectivity index (χ0) is 25.6. The lowest BCUT2D eigenvalue weighted by Gasteiger charge is -2.27. The van der Waals surface area contributed by atoms with E-state index in [0.29, 0.717) is 17.4 Å². The molecule has 1 atom stereocenters. The molecule has 2 amide bonds. The van der Waals surface area contributed by atoms with Crippen molar-refractivity contribution < 1.29 is 18.7 Å². The molecule has 0 aliphatic carbocycles. The monoisotopic (exact) mass is 520 g/mol. The van der Waals surface area contributed by atoms with Crippen molar-refractivity contribution in [2.45, 2.75) is 18.1 Å². The van der Waals surface area contributed by atoms with Crippen LogP contribution in [0.1, 0.15) is 12.8 Å². The quantitative estimate of drug-likeness (QED) is 0.468. The molecular weight excluding hydrogens is 491 g/mol. The van der Waals surface area contributed by atoms with Gasteiger partial charge in [0, 0.05) is 43.7 Å². The molecule has 3 aromatic carbocycles. The SMILES string of the molecule is O=C(C[C@@H]1SC(=Nc2ccc(F)cc2)N(CCCN2CCOCC2)C1=O)Nc1cccc2ccccc12. The zero-order valence-corrected chi connectivity index (χ0v) is 21.3. The van der Waals surface area contributed by atoms with E-state index in [2.05, 4.69) is 15.2 Å². The van der Waals surface area contributed by atoms with Crippen LogP contribution in [0.25, 0.3) is 10.8 Å². The average Bonchev–Trinajstić information content (AvgIpc) is 3.19. The van der Waals surface area contributed by atoms with Crippen molar-refractivity contribution in [3.63, 3.8) is 0 Å². The minimum Gasteiger partial charge on any atom is -0.379 e. The van der Waals surface area contributed by atoms with Gasteiger partial charge >= 0.3 is 0 Å². The molecule has 2 heterocycles. The van der Waals surface area contributed by atoms with Crippen LogP contribution >= 0.6 is 11.8 Å². The second kappa shape index (κ2) is 11.9. The summed E-state index contributed by atoms with van der Waals surface area (Å²) in [5.41, 5.74) is 1.29. The van der Waals surface area contributed by atoms with Gasteiger partial charge in [-0.3, -0.25) is 19.4 Å². The Labute approximate surface area is 219 Å². The highest BCUT2D eigenvalue weighted by molar-refractivity contribution is 8.15. The molecule has 0 saturated carbocycles. The summed E-state index contributed by atoms with van der Waals surface area (Å²) < 4.78 is 18.8. The lowest BCUT2D eigenvalue weighted by molar-refractivity contribution is -0.128.